The molecule has 124 heavy (non-hydrogen) atoms. The number of hydrogen-bond donors (Lipinski definition) is 7. The monoisotopic (exact) mass is 1710 g/mol. The number of aromatic nitrogens is 15. The zero-order valence-electron chi connectivity index (χ0n) is 65.2. The molecule has 10 heterocycles. The maximum Gasteiger partial charge on any atom is 0.220 e. The van der Waals surface area contributed by atoms with Crippen LogP contribution in [0.15, 0.2) is 311 Å². The number of aromatic hydroxyl groups is 2. The molecule has 10 aromatic heterocycles. The Bertz CT molecular complexity index is 7250. The number of hydrogen-bond acceptors (Lipinski definition) is 22. The van der Waals surface area contributed by atoms with Crippen LogP contribution in [0.4, 0.5) is 38.0 Å². The van der Waals surface area contributed by atoms with Crippen LogP contribution in [0.25, 0.3) is 166 Å². The van der Waals surface area contributed by atoms with E-state index in [1.807, 2.05) is 195 Å². The molecule has 22 nitrogen and oxygen atoms in total. The summed E-state index contributed by atoms with van der Waals surface area (Å²) >= 11 is 24.8. The molecule has 0 saturated carbocycles. The van der Waals surface area contributed by atoms with Crippen molar-refractivity contribution in [2.24, 2.45) is 0 Å². The summed E-state index contributed by atoms with van der Waals surface area (Å²) in [6, 6.07) is 75.4. The highest BCUT2D eigenvalue weighted by atomic mass is 35.5. The van der Waals surface area contributed by atoms with Crippen LogP contribution < -0.4 is 28.7 Å². The van der Waals surface area contributed by atoms with Crippen LogP contribution in [-0.4, -0.2) is 85.0 Å². The molecule has 20 aromatic rings. The van der Waals surface area contributed by atoms with Gasteiger partial charge in [0.1, 0.15) is 71.7 Å². The molecule has 0 spiro atoms. The van der Waals surface area contributed by atoms with Gasteiger partial charge in [-0.3, -0.25) is 24.9 Å². The minimum absolute atomic E-state index is 0.0631. The van der Waals surface area contributed by atoms with Crippen LogP contribution in [0.5, 0.6) is 11.5 Å². The van der Waals surface area contributed by atoms with Gasteiger partial charge in [-0.25, -0.2) is 58.6 Å². The molecule has 0 aliphatic heterocycles. The first-order chi connectivity index (χ1) is 60.2. The molecule has 0 atom stereocenters. The maximum atomic E-state index is 13.7. The molecule has 20 rings (SSSR count). The van der Waals surface area contributed by atoms with Crippen molar-refractivity contribution in [1.82, 2.24) is 74.8 Å². The van der Waals surface area contributed by atoms with Crippen molar-refractivity contribution in [3.05, 3.63) is 348 Å². The van der Waals surface area contributed by atoms with Crippen molar-refractivity contribution in [1.29, 1.82) is 0 Å². The number of rotatable bonds is 10. The Morgan fingerprint density at radius 2 is 0.661 bits per heavy atom. The largest absolute Gasteiger partial charge is 0.508 e. The molecule has 0 unspecified atom stereocenters. The predicted molar refractivity (Wildman–Crippen MR) is 491 cm³/mol. The van der Waals surface area contributed by atoms with Gasteiger partial charge in [-0.15, -0.1) is 0 Å². The number of pyridine rings is 5. The molecule has 0 saturated heterocycles. The van der Waals surface area contributed by atoms with Gasteiger partial charge in [0.15, 0.2) is 0 Å². The quantitative estimate of drug-likeness (QED) is 0.0668. The van der Waals surface area contributed by atoms with Crippen molar-refractivity contribution >= 4 is 130 Å². The van der Waals surface area contributed by atoms with Gasteiger partial charge in [-0.1, -0.05) is 143 Å². The number of phenolic OH excluding ortho intramolecular Hbond substituents is 2. The molecule has 0 aliphatic rings. The fraction of sp³-hybridized carbons (Fsp3) is 0.0104. The van der Waals surface area contributed by atoms with Gasteiger partial charge in [-0.2, -0.15) is 0 Å². The second-order valence-corrected chi connectivity index (χ2v) is 29.5. The SMILES string of the molecule is Cc1cc(O)cc(-c2ncccc2-c2ccc3ncnc(N)c3c2)c1.Nc1ncc2ccc(-c3cccnc3-c3ccc(F)c(Cl)c3)cc2n1.Nc1ncnc2ccc(-c3cccnc3-c3cc(O)cc(F)c3)cc12.Nc1ncnc2ccc(-c3cccnc3-c3cccc(Cl)c3Cl)cc12.Nc1ncnc2ccc(-c3cccnc3-c3ccccc3Cl)cc12. The number of nitrogens with two attached hydrogens (primary N) is 5. The smallest absolute Gasteiger partial charge is 0.220 e. The normalized spacial score (nSPS) is 10.9. The summed E-state index contributed by atoms with van der Waals surface area (Å²) in [7, 11) is 0. The number of nitrogens with zero attached hydrogens (tertiary/aromatic N) is 15. The first-order valence-electron chi connectivity index (χ1n) is 38.0. The average molecular weight is 1710 g/mol. The van der Waals surface area contributed by atoms with Gasteiger partial charge in [0, 0.05) is 131 Å². The Hall–Kier alpha value is -15.7. The van der Waals surface area contributed by atoms with Crippen molar-refractivity contribution in [2.45, 2.75) is 6.92 Å². The summed E-state index contributed by atoms with van der Waals surface area (Å²) in [5.41, 5.74) is 51.1. The third kappa shape index (κ3) is 18.1. The third-order valence-corrected chi connectivity index (χ3v) is 21.3. The van der Waals surface area contributed by atoms with Crippen molar-refractivity contribution < 1.29 is 19.0 Å². The summed E-state index contributed by atoms with van der Waals surface area (Å²) in [5, 5.41) is 25.4. The van der Waals surface area contributed by atoms with Gasteiger partial charge >= 0.3 is 0 Å². The summed E-state index contributed by atoms with van der Waals surface area (Å²) in [5.74, 6) is 1.06. The van der Waals surface area contributed by atoms with E-state index in [1.165, 1.54) is 43.5 Å². The molecule has 0 aliphatic carbocycles. The minimum Gasteiger partial charge on any atom is -0.508 e. The summed E-state index contributed by atoms with van der Waals surface area (Å²) < 4.78 is 27.2. The van der Waals surface area contributed by atoms with E-state index in [1.54, 1.807) is 73.6 Å². The van der Waals surface area contributed by atoms with Crippen LogP contribution >= 0.6 is 46.4 Å². The number of aryl methyl sites for hydroxylation is 1. The zero-order valence-corrected chi connectivity index (χ0v) is 68.2. The Balaban J connectivity index is 0.000000115. The molecule has 604 valence electrons. The highest BCUT2D eigenvalue weighted by molar-refractivity contribution is 6.43. The molecule has 0 radical (unpaired) electrons. The van der Waals surface area contributed by atoms with Crippen molar-refractivity contribution in [3.63, 3.8) is 0 Å². The summed E-state index contributed by atoms with van der Waals surface area (Å²) in [6.45, 7) is 1.94. The van der Waals surface area contributed by atoms with Gasteiger partial charge in [-0.05, 0) is 186 Å². The molecule has 0 bridgehead atoms. The van der Waals surface area contributed by atoms with Crippen LogP contribution in [0.2, 0.25) is 20.1 Å². The molecule has 12 N–H and O–H groups in total. The number of halogens is 6. The van der Waals surface area contributed by atoms with E-state index in [-0.39, 0.29) is 22.5 Å². The molecule has 28 heteroatoms. The van der Waals surface area contributed by atoms with E-state index >= 15 is 0 Å². The van der Waals surface area contributed by atoms with Crippen molar-refractivity contribution in [3.8, 4) is 123 Å². The lowest BCUT2D eigenvalue weighted by atomic mass is 9.97. The van der Waals surface area contributed by atoms with Gasteiger partial charge in [0.2, 0.25) is 5.95 Å². The molecule has 10 aromatic carbocycles. The third-order valence-electron chi connectivity index (χ3n) is 19.9. The molecule has 0 fully saturated rings. The summed E-state index contributed by atoms with van der Waals surface area (Å²) in [4.78, 5) is 63.8. The van der Waals surface area contributed by atoms with Gasteiger partial charge in [0.05, 0.1) is 71.1 Å². The Labute approximate surface area is 726 Å². The Morgan fingerprint density at radius 3 is 1.11 bits per heavy atom. The second-order valence-electron chi connectivity index (χ2n) is 27.9. The molecule has 0 amide bonds. The zero-order chi connectivity index (χ0) is 86.1. The van der Waals surface area contributed by atoms with E-state index in [0.717, 1.165) is 161 Å². The topological polar surface area (TPSA) is 364 Å². The van der Waals surface area contributed by atoms with Crippen LogP contribution in [-0.2, 0) is 0 Å². The summed E-state index contributed by atoms with van der Waals surface area (Å²) in [6.07, 6.45) is 16.0. The van der Waals surface area contributed by atoms with E-state index in [0.29, 0.717) is 55.3 Å². The highest BCUT2D eigenvalue weighted by Gasteiger charge is 2.20. The molecular weight excluding hydrogens is 1650 g/mol. The average Bonchev–Trinajstić information content (AvgIpc) is 0.749. The number of fused-ring (bicyclic) bond motifs is 5. The number of benzene rings is 10. The fourth-order valence-electron chi connectivity index (χ4n) is 14.1. The van der Waals surface area contributed by atoms with E-state index < -0.39 is 11.6 Å². The van der Waals surface area contributed by atoms with Crippen LogP contribution in [0.3, 0.4) is 0 Å². The number of phenols is 2. The lowest BCUT2D eigenvalue weighted by Crippen LogP contribution is -1.95. The van der Waals surface area contributed by atoms with Crippen LogP contribution in [0.1, 0.15) is 5.56 Å². The fourth-order valence-corrected chi connectivity index (χ4v) is 14.9. The lowest BCUT2D eigenvalue weighted by molar-refractivity contribution is 0.469. The maximum absolute atomic E-state index is 13.7. The standard InChI is InChI=1S/C20H16N4O.C19H12Cl2N4.C19H12ClFN4.C19H13ClN4.C19H13FN4O/c1-12-7-14(9-15(25)8-12)19-16(3-2-6-22-19)13-4-5-18-17(10-13)20(21)24-11-23-18;20-15-5-1-3-13(17(15)21)18-12(4-2-8-23-18)11-6-7-16-14(9-11)19(22)25-10-24-16;20-15-8-12(5-6-16(15)21)18-14(2-1-7-23-18)11-3-4-13-10-24-19(22)25-17(13)9-11;20-16-6-2-1-4-14(16)18-13(5-3-9-22-18)12-7-8-17-15(10-12)19(21)24-11-23-17;20-13-6-12(7-14(25)9-13)18-15(2-1-5-22-18)11-3-4-17-16(8-11)19(21)24-10-23-17/h2-11,25H,1H3,(H2,21,23,24);2*1-10H,(H2,22,24,25);1-11H,(H2,21,23,24);1-10,25H,(H2,21,23,24). The highest BCUT2D eigenvalue weighted by Crippen LogP contribution is 2.43. The van der Waals surface area contributed by atoms with Crippen LogP contribution in [0, 0.1) is 18.6 Å². The first-order valence-corrected chi connectivity index (χ1v) is 39.5. The number of nitrogen functional groups attached to an aromatic ring is 5. The van der Waals surface area contributed by atoms with Gasteiger partial charge in [0.25, 0.3) is 0 Å². The lowest BCUT2D eigenvalue weighted by Gasteiger charge is -2.12. The first kappa shape index (κ1) is 82.0. The van der Waals surface area contributed by atoms with E-state index in [4.69, 9.17) is 75.1 Å². The second kappa shape index (κ2) is 36.5. The molecular formula is C96H66Cl4F2N20O2. The number of anilines is 5. The minimum atomic E-state index is -0.525. The van der Waals surface area contributed by atoms with Gasteiger partial charge < -0.3 is 38.9 Å². The predicted octanol–water partition coefficient (Wildman–Crippen LogP) is 22.3. The van der Waals surface area contributed by atoms with E-state index in [2.05, 4.69) is 74.8 Å². The Morgan fingerprint density at radius 1 is 0.282 bits per heavy atom. The van der Waals surface area contributed by atoms with E-state index in [9.17, 15) is 19.0 Å². The van der Waals surface area contributed by atoms with Crippen molar-refractivity contribution in [2.75, 3.05) is 28.7 Å². The Kier molecular flexibility index (Phi) is 24.1.